The smallest absolute Gasteiger partial charge is 0.0702 e. The van der Waals surface area contributed by atoms with Crippen molar-refractivity contribution in [3.8, 4) is 5.69 Å². The van der Waals surface area contributed by atoms with E-state index in [9.17, 15) is 0 Å². The van der Waals surface area contributed by atoms with Crippen LogP contribution in [0.5, 0.6) is 0 Å². The Hall–Kier alpha value is -1.91. The molecule has 21 heavy (non-hydrogen) atoms. The van der Waals surface area contributed by atoms with Gasteiger partial charge in [-0.05, 0) is 42.6 Å². The van der Waals surface area contributed by atoms with Crippen molar-refractivity contribution in [2.75, 3.05) is 7.05 Å². The molecule has 0 saturated carbocycles. The maximum Gasteiger partial charge on any atom is 0.0702 e. The lowest BCUT2D eigenvalue weighted by Crippen LogP contribution is -2.17. The van der Waals surface area contributed by atoms with Gasteiger partial charge in [-0.1, -0.05) is 25.1 Å². The van der Waals surface area contributed by atoms with Gasteiger partial charge < -0.3 is 5.32 Å². The molecule has 3 aromatic rings. The molecule has 0 aliphatic rings. The van der Waals surface area contributed by atoms with Gasteiger partial charge in [0.2, 0.25) is 0 Å². The van der Waals surface area contributed by atoms with Gasteiger partial charge in [0.05, 0.1) is 17.9 Å². The summed E-state index contributed by atoms with van der Waals surface area (Å²) in [6, 6.07) is 12.6. The maximum absolute atomic E-state index is 4.50. The lowest BCUT2D eigenvalue weighted by Gasteiger charge is -2.14. The average molecular weight is 297 g/mol. The number of para-hydroxylation sites is 1. The van der Waals surface area contributed by atoms with Gasteiger partial charge in [0.1, 0.15) is 0 Å². The number of thiophene rings is 1. The molecule has 2 aromatic heterocycles. The minimum absolute atomic E-state index is 0.206. The zero-order valence-electron chi connectivity index (χ0n) is 12.3. The number of rotatable bonds is 5. The summed E-state index contributed by atoms with van der Waals surface area (Å²) in [5, 5.41) is 10.1. The molecule has 3 nitrogen and oxygen atoms in total. The Morgan fingerprint density at radius 1 is 1.24 bits per heavy atom. The number of hydrogen-bond acceptors (Lipinski definition) is 3. The van der Waals surface area contributed by atoms with Crippen LogP contribution in [0.1, 0.15) is 29.0 Å². The first kappa shape index (κ1) is 14.0. The summed E-state index contributed by atoms with van der Waals surface area (Å²) in [6.45, 7) is 2.20. The van der Waals surface area contributed by atoms with Gasteiger partial charge in [-0.15, -0.1) is 11.3 Å². The van der Waals surface area contributed by atoms with E-state index in [4.69, 9.17) is 0 Å². The maximum atomic E-state index is 4.50. The number of nitrogens with zero attached hydrogens (tertiary/aromatic N) is 2. The highest BCUT2D eigenvalue weighted by Gasteiger charge is 2.18. The van der Waals surface area contributed by atoms with E-state index in [0.717, 1.165) is 12.1 Å². The van der Waals surface area contributed by atoms with Crippen LogP contribution in [0.4, 0.5) is 0 Å². The van der Waals surface area contributed by atoms with E-state index in [-0.39, 0.29) is 6.04 Å². The molecular weight excluding hydrogens is 278 g/mol. The van der Waals surface area contributed by atoms with E-state index in [2.05, 4.69) is 47.1 Å². The molecule has 0 aliphatic heterocycles. The summed E-state index contributed by atoms with van der Waals surface area (Å²) >= 11 is 1.81. The first-order valence-electron chi connectivity index (χ1n) is 7.17. The predicted octanol–water partition coefficient (Wildman–Crippen LogP) is 3.81. The van der Waals surface area contributed by atoms with E-state index < -0.39 is 0 Å². The molecule has 108 valence electrons. The molecule has 0 radical (unpaired) electrons. The highest BCUT2D eigenvalue weighted by Crippen LogP contribution is 2.30. The van der Waals surface area contributed by atoms with Crippen molar-refractivity contribution in [2.24, 2.45) is 0 Å². The Morgan fingerprint density at radius 2 is 2.05 bits per heavy atom. The van der Waals surface area contributed by atoms with Gasteiger partial charge in [-0.3, -0.25) is 0 Å². The Balaban J connectivity index is 1.94. The first-order chi connectivity index (χ1) is 10.3. The van der Waals surface area contributed by atoms with Crippen LogP contribution in [-0.2, 0) is 6.42 Å². The number of aromatic nitrogens is 2. The molecule has 0 bridgehead atoms. The number of benzene rings is 1. The van der Waals surface area contributed by atoms with Crippen LogP contribution < -0.4 is 5.32 Å². The Bertz CT molecular complexity index is 700. The molecule has 1 aromatic carbocycles. The van der Waals surface area contributed by atoms with Crippen molar-refractivity contribution in [3.63, 3.8) is 0 Å². The molecule has 2 heterocycles. The molecule has 3 rings (SSSR count). The van der Waals surface area contributed by atoms with Crippen molar-refractivity contribution < 1.29 is 0 Å². The van der Waals surface area contributed by atoms with E-state index >= 15 is 0 Å². The highest BCUT2D eigenvalue weighted by atomic mass is 32.1. The van der Waals surface area contributed by atoms with Gasteiger partial charge in [-0.25, -0.2) is 4.68 Å². The SMILES string of the molecule is CCc1ccsc1C(NC)c1cnn(-c2ccccc2)c1. The van der Waals surface area contributed by atoms with Crippen molar-refractivity contribution in [1.82, 2.24) is 15.1 Å². The summed E-state index contributed by atoms with van der Waals surface area (Å²) in [6.07, 6.45) is 5.12. The zero-order valence-corrected chi connectivity index (χ0v) is 13.1. The van der Waals surface area contributed by atoms with Gasteiger partial charge in [0, 0.05) is 16.6 Å². The van der Waals surface area contributed by atoms with Gasteiger partial charge in [0.15, 0.2) is 0 Å². The van der Waals surface area contributed by atoms with Crippen molar-refractivity contribution >= 4 is 11.3 Å². The van der Waals surface area contributed by atoms with Gasteiger partial charge in [0.25, 0.3) is 0 Å². The number of nitrogens with one attached hydrogen (secondary N) is 1. The van der Waals surface area contributed by atoms with Crippen molar-refractivity contribution in [2.45, 2.75) is 19.4 Å². The summed E-state index contributed by atoms with van der Waals surface area (Å²) in [4.78, 5) is 1.38. The topological polar surface area (TPSA) is 29.9 Å². The Kier molecular flexibility index (Phi) is 4.18. The third-order valence-corrected chi connectivity index (χ3v) is 4.69. The molecule has 1 N–H and O–H groups in total. The summed E-state index contributed by atoms with van der Waals surface area (Å²) in [5.41, 5.74) is 3.69. The Morgan fingerprint density at radius 3 is 2.76 bits per heavy atom. The van der Waals surface area contributed by atoms with E-state index in [1.807, 2.05) is 47.5 Å². The van der Waals surface area contributed by atoms with Crippen LogP contribution in [0.2, 0.25) is 0 Å². The highest BCUT2D eigenvalue weighted by molar-refractivity contribution is 7.10. The van der Waals surface area contributed by atoms with Crippen molar-refractivity contribution in [1.29, 1.82) is 0 Å². The molecule has 1 unspecified atom stereocenters. The van der Waals surface area contributed by atoms with Crippen LogP contribution in [0.3, 0.4) is 0 Å². The zero-order chi connectivity index (χ0) is 14.7. The summed E-state index contributed by atoms with van der Waals surface area (Å²) in [7, 11) is 2.00. The molecule has 0 fully saturated rings. The minimum atomic E-state index is 0.206. The lowest BCUT2D eigenvalue weighted by atomic mass is 10.0. The van der Waals surface area contributed by atoms with Gasteiger partial charge >= 0.3 is 0 Å². The second kappa shape index (κ2) is 6.24. The fourth-order valence-electron chi connectivity index (χ4n) is 2.55. The van der Waals surface area contributed by atoms with E-state index in [0.29, 0.717) is 0 Å². The molecule has 1 atom stereocenters. The second-order valence-corrected chi connectivity index (χ2v) is 5.89. The molecule has 0 amide bonds. The lowest BCUT2D eigenvalue weighted by molar-refractivity contribution is 0.697. The van der Waals surface area contributed by atoms with Crippen LogP contribution in [0.15, 0.2) is 54.2 Å². The number of aryl methyl sites for hydroxylation is 1. The number of hydrogen-bond donors (Lipinski definition) is 1. The van der Waals surface area contributed by atoms with Crippen LogP contribution >= 0.6 is 11.3 Å². The standard InChI is InChI=1S/C17H19N3S/c1-3-13-9-10-21-17(13)16(18-2)14-11-19-20(12-14)15-7-5-4-6-8-15/h4-12,16,18H,3H2,1-2H3. The molecule has 0 spiro atoms. The van der Waals surface area contributed by atoms with E-state index in [1.54, 1.807) is 0 Å². The summed E-state index contributed by atoms with van der Waals surface area (Å²) in [5.74, 6) is 0. The quantitative estimate of drug-likeness (QED) is 0.776. The molecular formula is C17H19N3S. The second-order valence-electron chi connectivity index (χ2n) is 4.94. The van der Waals surface area contributed by atoms with Crippen LogP contribution in [-0.4, -0.2) is 16.8 Å². The molecule has 4 heteroatoms. The largest absolute Gasteiger partial charge is 0.309 e. The van der Waals surface area contributed by atoms with Crippen LogP contribution in [0.25, 0.3) is 5.69 Å². The fourth-order valence-corrected chi connectivity index (χ4v) is 3.68. The molecule has 0 aliphatic carbocycles. The monoisotopic (exact) mass is 297 g/mol. The van der Waals surface area contributed by atoms with E-state index in [1.165, 1.54) is 16.0 Å². The fraction of sp³-hybridized carbons (Fsp3) is 0.235. The normalized spacial score (nSPS) is 12.5. The van der Waals surface area contributed by atoms with Crippen molar-refractivity contribution in [3.05, 3.63) is 70.2 Å². The first-order valence-corrected chi connectivity index (χ1v) is 8.05. The average Bonchev–Trinajstić information content (AvgIpc) is 3.19. The third kappa shape index (κ3) is 2.77. The predicted molar refractivity (Wildman–Crippen MR) is 88.2 cm³/mol. The Labute approximate surface area is 129 Å². The third-order valence-electron chi connectivity index (χ3n) is 3.67. The van der Waals surface area contributed by atoms with Crippen LogP contribution in [0, 0.1) is 0 Å². The van der Waals surface area contributed by atoms with Gasteiger partial charge in [-0.2, -0.15) is 5.10 Å². The summed E-state index contributed by atoms with van der Waals surface area (Å²) < 4.78 is 1.93. The molecule has 0 saturated heterocycles. The minimum Gasteiger partial charge on any atom is -0.309 e.